The van der Waals surface area contributed by atoms with Crippen molar-refractivity contribution in [1.82, 2.24) is 4.98 Å². The molecule has 0 bridgehead atoms. The molecule has 0 amide bonds. The van der Waals surface area contributed by atoms with Crippen molar-refractivity contribution in [2.75, 3.05) is 5.32 Å². The summed E-state index contributed by atoms with van der Waals surface area (Å²) < 4.78 is 0. The number of benzene rings is 2. The summed E-state index contributed by atoms with van der Waals surface area (Å²) in [6.45, 7) is 2.27. The van der Waals surface area contributed by atoms with E-state index in [4.69, 9.17) is 0 Å². The number of hydrogen-bond acceptors (Lipinski definition) is 1. The molecule has 0 saturated carbocycles. The number of allylic oxidation sites excluding steroid dienone is 2. The largest absolute Gasteiger partial charge is 0.375 e. The van der Waals surface area contributed by atoms with Crippen LogP contribution in [0.5, 0.6) is 0 Å². The van der Waals surface area contributed by atoms with Crippen LogP contribution in [0.3, 0.4) is 0 Å². The fourth-order valence-corrected chi connectivity index (χ4v) is 3.91. The van der Waals surface area contributed by atoms with Gasteiger partial charge in [0.1, 0.15) is 0 Å². The van der Waals surface area contributed by atoms with Crippen molar-refractivity contribution < 1.29 is 0 Å². The van der Waals surface area contributed by atoms with Gasteiger partial charge >= 0.3 is 0 Å². The Labute approximate surface area is 123 Å². The smallest absolute Gasteiger partial charge is 0.0635 e. The van der Waals surface area contributed by atoms with Crippen LogP contribution in [0.4, 0.5) is 5.69 Å². The van der Waals surface area contributed by atoms with Gasteiger partial charge in [0.15, 0.2) is 0 Å². The van der Waals surface area contributed by atoms with Gasteiger partial charge < -0.3 is 10.3 Å². The van der Waals surface area contributed by atoms with Crippen molar-refractivity contribution in [3.8, 4) is 0 Å². The fraction of sp³-hybridized carbons (Fsp3) is 0.158. The number of rotatable bonds is 0. The number of aromatic nitrogens is 1. The van der Waals surface area contributed by atoms with E-state index in [-0.39, 0.29) is 5.54 Å². The van der Waals surface area contributed by atoms with E-state index in [9.17, 15) is 0 Å². The quantitative estimate of drug-likeness (QED) is 0.609. The van der Waals surface area contributed by atoms with Gasteiger partial charge in [0.05, 0.1) is 11.1 Å². The van der Waals surface area contributed by atoms with Crippen molar-refractivity contribution in [2.24, 2.45) is 0 Å². The topological polar surface area (TPSA) is 27.8 Å². The molecule has 2 nitrogen and oxygen atoms in total. The van der Waals surface area contributed by atoms with Crippen molar-refractivity contribution in [1.29, 1.82) is 0 Å². The van der Waals surface area contributed by atoms with Crippen molar-refractivity contribution in [3.63, 3.8) is 0 Å². The van der Waals surface area contributed by atoms with E-state index < -0.39 is 0 Å². The van der Waals surface area contributed by atoms with E-state index in [0.717, 1.165) is 0 Å². The maximum Gasteiger partial charge on any atom is 0.0635 e. The van der Waals surface area contributed by atoms with Crippen LogP contribution >= 0.6 is 0 Å². The summed E-state index contributed by atoms with van der Waals surface area (Å²) in [7, 11) is 0. The van der Waals surface area contributed by atoms with E-state index in [1.807, 2.05) is 0 Å². The van der Waals surface area contributed by atoms with Crippen LogP contribution in [-0.2, 0) is 0 Å². The number of anilines is 1. The van der Waals surface area contributed by atoms with Gasteiger partial charge in [-0.05, 0) is 19.1 Å². The molecule has 2 heterocycles. The highest BCUT2D eigenvalue weighted by atomic mass is 15.0. The van der Waals surface area contributed by atoms with Gasteiger partial charge in [-0.1, -0.05) is 48.6 Å². The minimum atomic E-state index is -0.0112. The third kappa shape index (κ3) is 1.32. The van der Waals surface area contributed by atoms with E-state index in [1.165, 1.54) is 33.1 Å². The van der Waals surface area contributed by atoms with E-state index in [1.54, 1.807) is 0 Å². The van der Waals surface area contributed by atoms with Crippen LogP contribution < -0.4 is 5.32 Å². The molecule has 0 fully saturated rings. The second-order valence-corrected chi connectivity index (χ2v) is 6.25. The van der Waals surface area contributed by atoms with Gasteiger partial charge in [0, 0.05) is 33.5 Å². The highest BCUT2D eigenvalue weighted by molar-refractivity contribution is 6.10. The molecule has 3 aromatic rings. The standard InChI is InChI=1S/C19H16N2/c1-19-11-5-4-7-14(19)17-16(21-19)10-9-13-12-6-2-3-8-15(12)20-18(13)17/h2-11,14,20-21H,1H3. The highest BCUT2D eigenvalue weighted by Crippen LogP contribution is 2.49. The van der Waals surface area contributed by atoms with Crippen molar-refractivity contribution in [2.45, 2.75) is 18.4 Å². The minimum absolute atomic E-state index is 0.0112. The molecule has 2 aliphatic rings. The lowest BCUT2D eigenvalue weighted by Gasteiger charge is -2.29. The van der Waals surface area contributed by atoms with Crippen LogP contribution in [0.2, 0.25) is 0 Å². The molecular weight excluding hydrogens is 256 g/mol. The van der Waals surface area contributed by atoms with Gasteiger partial charge in [-0.3, -0.25) is 0 Å². The average molecular weight is 272 g/mol. The number of nitrogens with one attached hydrogen (secondary N) is 2. The van der Waals surface area contributed by atoms with Crippen molar-refractivity contribution >= 4 is 27.5 Å². The third-order valence-electron chi connectivity index (χ3n) is 4.94. The van der Waals surface area contributed by atoms with Gasteiger partial charge in [0.2, 0.25) is 0 Å². The molecule has 5 rings (SSSR count). The molecule has 0 radical (unpaired) electrons. The maximum atomic E-state index is 3.69. The average Bonchev–Trinajstić information content (AvgIpc) is 3.00. The molecule has 1 aliphatic heterocycles. The van der Waals surface area contributed by atoms with E-state index in [2.05, 4.69) is 77.9 Å². The number of hydrogen-bond donors (Lipinski definition) is 2. The van der Waals surface area contributed by atoms with Gasteiger partial charge in [-0.25, -0.2) is 0 Å². The molecule has 102 valence electrons. The number of fused-ring (bicyclic) bond motifs is 7. The Morgan fingerprint density at radius 3 is 2.86 bits per heavy atom. The number of para-hydroxylation sites is 1. The molecule has 2 N–H and O–H groups in total. The lowest BCUT2D eigenvalue weighted by Crippen LogP contribution is -2.33. The Kier molecular flexibility index (Phi) is 1.91. The lowest BCUT2D eigenvalue weighted by molar-refractivity contribution is 0.597. The lowest BCUT2D eigenvalue weighted by atomic mass is 9.81. The highest BCUT2D eigenvalue weighted by Gasteiger charge is 2.41. The number of H-pyrrole nitrogens is 1. The SMILES string of the molecule is CC12C=CC=CC1c1c(ccc3c1[nH]c1ccccc13)N2. The summed E-state index contributed by atoms with van der Waals surface area (Å²) in [4.78, 5) is 3.63. The monoisotopic (exact) mass is 272 g/mol. The van der Waals surface area contributed by atoms with Gasteiger partial charge in [-0.2, -0.15) is 0 Å². The molecule has 0 spiro atoms. The Morgan fingerprint density at radius 1 is 1.00 bits per heavy atom. The zero-order valence-corrected chi connectivity index (χ0v) is 11.9. The fourth-order valence-electron chi connectivity index (χ4n) is 3.91. The van der Waals surface area contributed by atoms with Crippen LogP contribution in [-0.4, -0.2) is 10.5 Å². The Balaban J connectivity index is 1.90. The number of aromatic amines is 1. The first-order chi connectivity index (χ1) is 10.3. The molecule has 21 heavy (non-hydrogen) atoms. The third-order valence-corrected chi connectivity index (χ3v) is 4.94. The molecule has 2 aromatic carbocycles. The van der Waals surface area contributed by atoms with Crippen LogP contribution in [0.1, 0.15) is 18.4 Å². The Bertz CT molecular complexity index is 945. The molecular formula is C19H16N2. The first kappa shape index (κ1) is 11.2. The zero-order chi connectivity index (χ0) is 14.0. The van der Waals surface area contributed by atoms with Crippen LogP contribution in [0.15, 0.2) is 60.7 Å². The van der Waals surface area contributed by atoms with Crippen molar-refractivity contribution in [3.05, 3.63) is 66.3 Å². The predicted molar refractivity (Wildman–Crippen MR) is 88.9 cm³/mol. The first-order valence-corrected chi connectivity index (χ1v) is 7.44. The molecule has 2 unspecified atom stereocenters. The summed E-state index contributed by atoms with van der Waals surface area (Å²) in [6, 6.07) is 13.0. The zero-order valence-electron chi connectivity index (χ0n) is 11.9. The summed E-state index contributed by atoms with van der Waals surface area (Å²) in [5.41, 5.74) is 5.12. The maximum absolute atomic E-state index is 3.69. The molecule has 1 aromatic heterocycles. The molecule has 2 atom stereocenters. The summed E-state index contributed by atoms with van der Waals surface area (Å²) in [5, 5.41) is 6.31. The normalized spacial score (nSPS) is 26.0. The predicted octanol–water partition coefficient (Wildman–Crippen LogP) is 4.71. The Morgan fingerprint density at radius 2 is 1.90 bits per heavy atom. The Hall–Kier alpha value is -2.48. The summed E-state index contributed by atoms with van der Waals surface area (Å²) >= 11 is 0. The molecule has 1 aliphatic carbocycles. The van der Waals surface area contributed by atoms with Gasteiger partial charge in [-0.15, -0.1) is 0 Å². The van der Waals surface area contributed by atoms with E-state index >= 15 is 0 Å². The van der Waals surface area contributed by atoms with Crippen LogP contribution in [0, 0.1) is 0 Å². The second kappa shape index (κ2) is 3.59. The molecule has 0 saturated heterocycles. The van der Waals surface area contributed by atoms with Gasteiger partial charge in [0.25, 0.3) is 0 Å². The first-order valence-electron chi connectivity index (χ1n) is 7.44. The van der Waals surface area contributed by atoms with Crippen LogP contribution in [0.25, 0.3) is 21.8 Å². The van der Waals surface area contributed by atoms with E-state index in [0.29, 0.717) is 5.92 Å². The molecule has 2 heteroatoms. The summed E-state index contributed by atoms with van der Waals surface area (Å²) in [6.07, 6.45) is 8.87. The summed E-state index contributed by atoms with van der Waals surface area (Å²) in [5.74, 6) is 0.384. The second-order valence-electron chi connectivity index (χ2n) is 6.25. The minimum Gasteiger partial charge on any atom is -0.375 e.